The van der Waals surface area contributed by atoms with Crippen molar-refractivity contribution in [3.05, 3.63) is 0 Å². The molecule has 0 unspecified atom stereocenters. The van der Waals surface area contributed by atoms with E-state index in [1.807, 2.05) is 4.90 Å². The summed E-state index contributed by atoms with van der Waals surface area (Å²) in [6.45, 7) is 3.84. The van der Waals surface area contributed by atoms with Crippen LogP contribution in [0.2, 0.25) is 0 Å². The summed E-state index contributed by atoms with van der Waals surface area (Å²) in [4.78, 5) is 13.6. The lowest BCUT2D eigenvalue weighted by molar-refractivity contribution is -0.132. The molecule has 1 rings (SSSR count). The molecule has 1 aliphatic heterocycles. The van der Waals surface area contributed by atoms with E-state index in [2.05, 4.69) is 6.92 Å². The minimum absolute atomic E-state index is 0.207. The van der Waals surface area contributed by atoms with Gasteiger partial charge in [0, 0.05) is 25.6 Å². The summed E-state index contributed by atoms with van der Waals surface area (Å²) in [6.07, 6.45) is 6.21. The maximum atomic E-state index is 11.7. The molecule has 1 aliphatic rings. The fourth-order valence-corrected chi connectivity index (χ4v) is 1.92. The van der Waals surface area contributed by atoms with Crippen molar-refractivity contribution in [1.82, 2.24) is 4.90 Å². The third-order valence-electron chi connectivity index (χ3n) is 2.80. The van der Waals surface area contributed by atoms with Crippen molar-refractivity contribution in [2.75, 3.05) is 13.1 Å². The van der Waals surface area contributed by atoms with Crippen LogP contribution in [0.1, 0.15) is 45.4 Å². The van der Waals surface area contributed by atoms with Gasteiger partial charge < -0.3 is 10.6 Å². The van der Waals surface area contributed by atoms with Crippen molar-refractivity contribution in [3.63, 3.8) is 0 Å². The zero-order valence-corrected chi connectivity index (χ0v) is 9.17. The summed E-state index contributed by atoms with van der Waals surface area (Å²) < 4.78 is 0. The monoisotopic (exact) mass is 198 g/mol. The van der Waals surface area contributed by atoms with E-state index in [1.54, 1.807) is 0 Å². The third-order valence-corrected chi connectivity index (χ3v) is 2.80. The number of rotatable bonds is 4. The first-order valence-electron chi connectivity index (χ1n) is 5.77. The van der Waals surface area contributed by atoms with Gasteiger partial charge in [-0.05, 0) is 19.3 Å². The molecule has 14 heavy (non-hydrogen) atoms. The van der Waals surface area contributed by atoms with Crippen LogP contribution in [0.5, 0.6) is 0 Å². The molecule has 1 saturated heterocycles. The Morgan fingerprint density at radius 2 is 2.29 bits per heavy atom. The standard InChI is InChI=1S/C11H22N2O/c1-2-3-4-7-11(14)13-8-5-6-10(12)9-13/h10H,2-9,12H2,1H3/t10-/m0/s1. The molecule has 2 N–H and O–H groups in total. The van der Waals surface area contributed by atoms with Crippen molar-refractivity contribution in [2.24, 2.45) is 5.73 Å². The van der Waals surface area contributed by atoms with E-state index in [4.69, 9.17) is 5.73 Å². The Labute approximate surface area is 86.6 Å². The fourth-order valence-electron chi connectivity index (χ4n) is 1.92. The molecule has 1 amide bonds. The van der Waals surface area contributed by atoms with Crippen LogP contribution in [-0.4, -0.2) is 29.9 Å². The van der Waals surface area contributed by atoms with Crippen molar-refractivity contribution < 1.29 is 4.79 Å². The first kappa shape index (κ1) is 11.5. The minimum atomic E-state index is 0.207. The van der Waals surface area contributed by atoms with Crippen LogP contribution in [0.15, 0.2) is 0 Å². The highest BCUT2D eigenvalue weighted by molar-refractivity contribution is 5.76. The van der Waals surface area contributed by atoms with Gasteiger partial charge in [-0.2, -0.15) is 0 Å². The van der Waals surface area contributed by atoms with Gasteiger partial charge in [-0.1, -0.05) is 19.8 Å². The second kappa shape index (κ2) is 6.02. The van der Waals surface area contributed by atoms with Gasteiger partial charge in [-0.25, -0.2) is 0 Å². The number of hydrogen-bond acceptors (Lipinski definition) is 2. The SMILES string of the molecule is CCCCCC(=O)N1CCC[C@H](N)C1. The minimum Gasteiger partial charge on any atom is -0.341 e. The highest BCUT2D eigenvalue weighted by Crippen LogP contribution is 2.11. The zero-order valence-electron chi connectivity index (χ0n) is 9.17. The largest absolute Gasteiger partial charge is 0.341 e. The maximum Gasteiger partial charge on any atom is 0.222 e. The topological polar surface area (TPSA) is 46.3 Å². The van der Waals surface area contributed by atoms with Gasteiger partial charge in [0.05, 0.1) is 0 Å². The van der Waals surface area contributed by atoms with Crippen molar-refractivity contribution in [3.8, 4) is 0 Å². The van der Waals surface area contributed by atoms with Gasteiger partial charge in [0.15, 0.2) is 0 Å². The Morgan fingerprint density at radius 3 is 2.93 bits per heavy atom. The van der Waals surface area contributed by atoms with Crippen LogP contribution >= 0.6 is 0 Å². The number of carbonyl (C=O) groups excluding carboxylic acids is 1. The molecule has 82 valence electrons. The molecule has 0 spiro atoms. The van der Waals surface area contributed by atoms with Crippen LogP contribution in [-0.2, 0) is 4.79 Å². The number of likely N-dealkylation sites (tertiary alicyclic amines) is 1. The zero-order chi connectivity index (χ0) is 10.4. The molecule has 1 atom stereocenters. The van der Waals surface area contributed by atoms with E-state index in [-0.39, 0.29) is 6.04 Å². The lowest BCUT2D eigenvalue weighted by atomic mass is 10.1. The highest BCUT2D eigenvalue weighted by atomic mass is 16.2. The average Bonchev–Trinajstić information content (AvgIpc) is 2.18. The molecule has 3 nitrogen and oxygen atoms in total. The Hall–Kier alpha value is -0.570. The normalized spacial score (nSPS) is 22.4. The van der Waals surface area contributed by atoms with Gasteiger partial charge in [-0.15, -0.1) is 0 Å². The number of carbonyl (C=O) groups is 1. The van der Waals surface area contributed by atoms with Crippen molar-refractivity contribution in [2.45, 2.75) is 51.5 Å². The second-order valence-electron chi connectivity index (χ2n) is 4.20. The molecular weight excluding hydrogens is 176 g/mol. The Balaban J connectivity index is 2.22. The molecule has 1 fully saturated rings. The predicted molar refractivity (Wildman–Crippen MR) is 57.9 cm³/mol. The lowest BCUT2D eigenvalue weighted by Crippen LogP contribution is -2.45. The number of piperidine rings is 1. The Morgan fingerprint density at radius 1 is 1.50 bits per heavy atom. The molecule has 1 heterocycles. The predicted octanol–water partition coefficient (Wildman–Crippen LogP) is 1.52. The molecule has 0 aliphatic carbocycles. The van der Waals surface area contributed by atoms with E-state index >= 15 is 0 Å². The first-order chi connectivity index (χ1) is 6.74. The molecule has 0 aromatic carbocycles. The third kappa shape index (κ3) is 3.66. The van der Waals surface area contributed by atoms with Crippen LogP contribution in [0.4, 0.5) is 0 Å². The first-order valence-corrected chi connectivity index (χ1v) is 5.77. The summed E-state index contributed by atoms with van der Waals surface area (Å²) >= 11 is 0. The summed E-state index contributed by atoms with van der Waals surface area (Å²) in [6, 6.07) is 0.207. The molecule has 0 radical (unpaired) electrons. The smallest absolute Gasteiger partial charge is 0.222 e. The average molecular weight is 198 g/mol. The van der Waals surface area contributed by atoms with Crippen LogP contribution in [0.25, 0.3) is 0 Å². The van der Waals surface area contributed by atoms with Gasteiger partial charge >= 0.3 is 0 Å². The quantitative estimate of drug-likeness (QED) is 0.696. The number of hydrogen-bond donors (Lipinski definition) is 1. The number of unbranched alkanes of at least 4 members (excludes halogenated alkanes) is 2. The van der Waals surface area contributed by atoms with E-state index < -0.39 is 0 Å². The Kier molecular flexibility index (Phi) is 4.94. The fraction of sp³-hybridized carbons (Fsp3) is 0.909. The maximum absolute atomic E-state index is 11.7. The van der Waals surface area contributed by atoms with Crippen LogP contribution < -0.4 is 5.73 Å². The van der Waals surface area contributed by atoms with Gasteiger partial charge in [-0.3, -0.25) is 4.79 Å². The van der Waals surface area contributed by atoms with Gasteiger partial charge in [0.1, 0.15) is 0 Å². The molecular formula is C11H22N2O. The highest BCUT2D eigenvalue weighted by Gasteiger charge is 2.20. The molecule has 0 aromatic rings. The molecule has 3 heteroatoms. The second-order valence-corrected chi connectivity index (χ2v) is 4.20. The summed E-state index contributed by atoms with van der Waals surface area (Å²) in [5.74, 6) is 0.300. The Bertz CT molecular complexity index is 182. The van der Waals surface area contributed by atoms with Gasteiger partial charge in [0.25, 0.3) is 0 Å². The molecule has 0 saturated carbocycles. The van der Waals surface area contributed by atoms with Crippen LogP contribution in [0.3, 0.4) is 0 Å². The van der Waals surface area contributed by atoms with E-state index in [9.17, 15) is 4.79 Å². The summed E-state index contributed by atoms with van der Waals surface area (Å²) in [5, 5.41) is 0. The molecule has 0 bridgehead atoms. The summed E-state index contributed by atoms with van der Waals surface area (Å²) in [7, 11) is 0. The number of amides is 1. The number of nitrogens with two attached hydrogens (primary N) is 1. The summed E-state index contributed by atoms with van der Waals surface area (Å²) in [5.41, 5.74) is 5.82. The van der Waals surface area contributed by atoms with E-state index in [0.717, 1.165) is 38.8 Å². The van der Waals surface area contributed by atoms with Crippen molar-refractivity contribution in [1.29, 1.82) is 0 Å². The van der Waals surface area contributed by atoms with Crippen LogP contribution in [0, 0.1) is 0 Å². The lowest BCUT2D eigenvalue weighted by Gasteiger charge is -2.30. The molecule has 0 aromatic heterocycles. The van der Waals surface area contributed by atoms with Crippen molar-refractivity contribution >= 4 is 5.91 Å². The van der Waals surface area contributed by atoms with E-state index in [1.165, 1.54) is 6.42 Å². The number of nitrogens with zero attached hydrogens (tertiary/aromatic N) is 1. The van der Waals surface area contributed by atoms with Gasteiger partial charge in [0.2, 0.25) is 5.91 Å². The van der Waals surface area contributed by atoms with E-state index in [0.29, 0.717) is 12.3 Å².